The Morgan fingerprint density at radius 2 is 2.00 bits per heavy atom. The molecule has 6 heteroatoms. The highest BCUT2D eigenvalue weighted by Gasteiger charge is 2.22. The zero-order valence-corrected chi connectivity index (χ0v) is 13.0. The minimum atomic E-state index is -0.324. The van der Waals surface area contributed by atoms with Gasteiger partial charge in [-0.15, -0.1) is 0 Å². The van der Waals surface area contributed by atoms with Gasteiger partial charge >= 0.3 is 0 Å². The van der Waals surface area contributed by atoms with Crippen LogP contribution in [0.2, 0.25) is 0 Å². The second-order valence-electron chi connectivity index (χ2n) is 5.74. The standard InChI is InChI=1S/C15H24N4O2/c1-12(20)11-18-6-8-19(9-7-18)15(21)13-4-5-14(16-10-13)17(2)3/h4-5,10,12,20H,6-9,11H2,1-3H3/t12-/m0/s1. The van der Waals surface area contributed by atoms with E-state index in [-0.39, 0.29) is 12.0 Å². The van der Waals surface area contributed by atoms with Crippen LogP contribution in [0.1, 0.15) is 17.3 Å². The molecule has 1 aromatic rings. The van der Waals surface area contributed by atoms with E-state index in [0.717, 1.165) is 18.9 Å². The van der Waals surface area contributed by atoms with E-state index in [0.29, 0.717) is 25.2 Å². The van der Waals surface area contributed by atoms with Crippen molar-refractivity contribution in [1.29, 1.82) is 0 Å². The number of aliphatic hydroxyl groups excluding tert-OH is 1. The lowest BCUT2D eigenvalue weighted by Gasteiger charge is -2.35. The van der Waals surface area contributed by atoms with Crippen LogP contribution in [0.25, 0.3) is 0 Å². The van der Waals surface area contributed by atoms with Crippen LogP contribution < -0.4 is 4.90 Å². The Labute approximate surface area is 126 Å². The molecule has 0 spiro atoms. The number of carbonyl (C=O) groups excluding carboxylic acids is 1. The number of anilines is 1. The number of piperazine rings is 1. The van der Waals surface area contributed by atoms with Crippen molar-refractivity contribution in [2.75, 3.05) is 51.7 Å². The summed E-state index contributed by atoms with van der Waals surface area (Å²) in [4.78, 5) is 22.6. The smallest absolute Gasteiger partial charge is 0.255 e. The van der Waals surface area contributed by atoms with Crippen LogP contribution in [0.15, 0.2) is 18.3 Å². The van der Waals surface area contributed by atoms with Crippen molar-refractivity contribution in [1.82, 2.24) is 14.8 Å². The van der Waals surface area contributed by atoms with Crippen molar-refractivity contribution in [3.63, 3.8) is 0 Å². The molecule has 1 aromatic heterocycles. The van der Waals surface area contributed by atoms with E-state index in [9.17, 15) is 9.90 Å². The lowest BCUT2D eigenvalue weighted by Crippen LogP contribution is -2.50. The topological polar surface area (TPSA) is 59.9 Å². The van der Waals surface area contributed by atoms with Crippen molar-refractivity contribution in [2.45, 2.75) is 13.0 Å². The average molecular weight is 292 g/mol. The summed E-state index contributed by atoms with van der Waals surface area (Å²) >= 11 is 0. The molecule has 0 aliphatic carbocycles. The minimum absolute atomic E-state index is 0.0319. The number of hydrogen-bond acceptors (Lipinski definition) is 5. The van der Waals surface area contributed by atoms with Crippen molar-refractivity contribution in [3.05, 3.63) is 23.9 Å². The highest BCUT2D eigenvalue weighted by molar-refractivity contribution is 5.94. The third kappa shape index (κ3) is 4.15. The summed E-state index contributed by atoms with van der Waals surface area (Å²) in [6.07, 6.45) is 1.31. The molecule has 1 aliphatic rings. The van der Waals surface area contributed by atoms with Crippen molar-refractivity contribution < 1.29 is 9.90 Å². The summed E-state index contributed by atoms with van der Waals surface area (Å²) in [5.74, 6) is 0.873. The Kier molecular flexibility index (Phi) is 5.14. The molecule has 0 aromatic carbocycles. The van der Waals surface area contributed by atoms with E-state index in [2.05, 4.69) is 9.88 Å². The lowest BCUT2D eigenvalue weighted by molar-refractivity contribution is 0.0554. The lowest BCUT2D eigenvalue weighted by atomic mass is 10.2. The largest absolute Gasteiger partial charge is 0.392 e. The van der Waals surface area contributed by atoms with Gasteiger partial charge in [-0.05, 0) is 19.1 Å². The Hall–Kier alpha value is -1.66. The molecular formula is C15H24N4O2. The SMILES string of the molecule is C[C@H](O)CN1CCN(C(=O)c2ccc(N(C)C)nc2)CC1. The molecule has 0 radical (unpaired) electrons. The summed E-state index contributed by atoms with van der Waals surface area (Å²) in [6.45, 7) is 5.46. The molecule has 2 heterocycles. The first-order valence-electron chi connectivity index (χ1n) is 7.30. The number of nitrogens with zero attached hydrogens (tertiary/aromatic N) is 4. The van der Waals surface area contributed by atoms with E-state index in [1.54, 1.807) is 13.1 Å². The van der Waals surface area contributed by atoms with Gasteiger partial charge in [0.25, 0.3) is 5.91 Å². The van der Waals surface area contributed by atoms with Gasteiger partial charge in [0.2, 0.25) is 0 Å². The molecule has 0 bridgehead atoms. The molecule has 1 amide bonds. The van der Waals surface area contributed by atoms with Crippen molar-refractivity contribution in [3.8, 4) is 0 Å². The molecule has 0 saturated carbocycles. The van der Waals surface area contributed by atoms with Gasteiger partial charge in [-0.25, -0.2) is 4.98 Å². The fourth-order valence-electron chi connectivity index (χ4n) is 2.47. The van der Waals surface area contributed by atoms with Crippen LogP contribution in [-0.2, 0) is 0 Å². The first-order chi connectivity index (χ1) is 9.97. The second-order valence-corrected chi connectivity index (χ2v) is 5.74. The van der Waals surface area contributed by atoms with Gasteiger partial charge in [-0.2, -0.15) is 0 Å². The number of aromatic nitrogens is 1. The van der Waals surface area contributed by atoms with Crippen molar-refractivity contribution >= 4 is 11.7 Å². The fourth-order valence-corrected chi connectivity index (χ4v) is 2.47. The third-order valence-corrected chi connectivity index (χ3v) is 3.63. The third-order valence-electron chi connectivity index (χ3n) is 3.63. The van der Waals surface area contributed by atoms with Gasteiger partial charge in [0.15, 0.2) is 0 Å². The summed E-state index contributed by atoms with van der Waals surface area (Å²) < 4.78 is 0. The number of aliphatic hydroxyl groups is 1. The zero-order valence-electron chi connectivity index (χ0n) is 13.0. The first kappa shape index (κ1) is 15.7. The summed E-state index contributed by atoms with van der Waals surface area (Å²) in [6, 6.07) is 3.68. The predicted octanol–water partition coefficient (Wildman–Crippen LogP) is 0.286. The Morgan fingerprint density at radius 1 is 1.33 bits per heavy atom. The van der Waals surface area contributed by atoms with E-state index in [1.807, 2.05) is 36.0 Å². The molecule has 116 valence electrons. The van der Waals surface area contributed by atoms with E-state index in [4.69, 9.17) is 0 Å². The highest BCUT2D eigenvalue weighted by atomic mass is 16.3. The van der Waals surface area contributed by atoms with Crippen LogP contribution >= 0.6 is 0 Å². The van der Waals surface area contributed by atoms with Gasteiger partial charge in [0.1, 0.15) is 5.82 Å². The Morgan fingerprint density at radius 3 is 2.48 bits per heavy atom. The molecule has 0 unspecified atom stereocenters. The molecule has 2 rings (SSSR count). The van der Waals surface area contributed by atoms with Crippen LogP contribution in [-0.4, -0.2) is 78.7 Å². The molecule has 6 nitrogen and oxygen atoms in total. The van der Waals surface area contributed by atoms with Crippen LogP contribution in [0, 0.1) is 0 Å². The van der Waals surface area contributed by atoms with Gasteiger partial charge in [-0.3, -0.25) is 9.69 Å². The fraction of sp³-hybridized carbons (Fsp3) is 0.600. The average Bonchev–Trinajstić information content (AvgIpc) is 2.47. The number of hydrogen-bond donors (Lipinski definition) is 1. The molecule has 1 fully saturated rings. The quantitative estimate of drug-likeness (QED) is 0.864. The zero-order chi connectivity index (χ0) is 15.4. The first-order valence-corrected chi connectivity index (χ1v) is 7.30. The number of β-amino-alcohol motifs (C(OH)–C–C–N with tert-alkyl or cyclic N) is 1. The molecule has 1 N–H and O–H groups in total. The van der Waals surface area contributed by atoms with Crippen LogP contribution in [0.5, 0.6) is 0 Å². The van der Waals surface area contributed by atoms with Crippen LogP contribution in [0.3, 0.4) is 0 Å². The Balaban J connectivity index is 1.92. The highest BCUT2D eigenvalue weighted by Crippen LogP contribution is 2.12. The maximum atomic E-state index is 12.4. The van der Waals surface area contributed by atoms with Crippen molar-refractivity contribution in [2.24, 2.45) is 0 Å². The Bertz CT molecular complexity index is 465. The summed E-state index contributed by atoms with van der Waals surface area (Å²) in [5, 5.41) is 9.39. The maximum Gasteiger partial charge on any atom is 0.255 e. The maximum absolute atomic E-state index is 12.4. The normalized spacial score (nSPS) is 17.6. The second kappa shape index (κ2) is 6.87. The van der Waals surface area contributed by atoms with E-state index < -0.39 is 0 Å². The summed E-state index contributed by atoms with van der Waals surface area (Å²) in [5.41, 5.74) is 0.629. The molecule has 1 aliphatic heterocycles. The monoisotopic (exact) mass is 292 g/mol. The molecule has 21 heavy (non-hydrogen) atoms. The summed E-state index contributed by atoms with van der Waals surface area (Å²) in [7, 11) is 3.84. The van der Waals surface area contributed by atoms with E-state index in [1.165, 1.54) is 0 Å². The predicted molar refractivity (Wildman–Crippen MR) is 82.6 cm³/mol. The number of amides is 1. The van der Waals surface area contributed by atoms with Gasteiger partial charge in [0.05, 0.1) is 11.7 Å². The molecular weight excluding hydrogens is 268 g/mol. The number of rotatable bonds is 4. The van der Waals surface area contributed by atoms with Gasteiger partial charge in [-0.1, -0.05) is 0 Å². The molecule has 1 atom stereocenters. The molecule has 1 saturated heterocycles. The minimum Gasteiger partial charge on any atom is -0.392 e. The van der Waals surface area contributed by atoms with Gasteiger partial charge < -0.3 is 14.9 Å². The van der Waals surface area contributed by atoms with E-state index >= 15 is 0 Å². The number of carbonyl (C=O) groups is 1. The van der Waals surface area contributed by atoms with Gasteiger partial charge in [0, 0.05) is 53.0 Å². The van der Waals surface area contributed by atoms with Crippen LogP contribution in [0.4, 0.5) is 5.82 Å². The number of pyridine rings is 1.